The number of para-hydroxylation sites is 1. The van der Waals surface area contributed by atoms with Crippen molar-refractivity contribution in [2.45, 2.75) is 46.1 Å². The molecule has 0 saturated heterocycles. The van der Waals surface area contributed by atoms with Crippen molar-refractivity contribution in [1.82, 2.24) is 5.32 Å². The number of aromatic carboxylic acids is 1. The van der Waals surface area contributed by atoms with Gasteiger partial charge in [-0.05, 0) is 31.9 Å². The number of carboxylic acid groups (broad SMARTS) is 1. The molecule has 116 valence electrons. The minimum absolute atomic E-state index is 0.0700. The molecule has 0 bridgehead atoms. The summed E-state index contributed by atoms with van der Waals surface area (Å²) in [6.07, 6.45) is 2.36. The summed E-state index contributed by atoms with van der Waals surface area (Å²) in [6, 6.07) is 4.88. The van der Waals surface area contributed by atoms with Crippen molar-refractivity contribution in [3.63, 3.8) is 0 Å². The van der Waals surface area contributed by atoms with Crippen molar-refractivity contribution in [3.05, 3.63) is 29.3 Å². The molecule has 0 aliphatic carbocycles. The summed E-state index contributed by atoms with van der Waals surface area (Å²) in [6.45, 7) is 6.08. The van der Waals surface area contributed by atoms with E-state index in [9.17, 15) is 9.59 Å². The number of benzene rings is 1. The number of hydrogen-bond donors (Lipinski definition) is 2. The van der Waals surface area contributed by atoms with Gasteiger partial charge in [0.1, 0.15) is 11.3 Å². The first-order chi connectivity index (χ1) is 9.97. The van der Waals surface area contributed by atoms with Gasteiger partial charge in [-0.2, -0.15) is 0 Å². The van der Waals surface area contributed by atoms with Crippen LogP contribution in [0.3, 0.4) is 0 Å². The number of ether oxygens (including phenoxy) is 1. The zero-order valence-electron chi connectivity index (χ0n) is 12.8. The fraction of sp³-hybridized carbons (Fsp3) is 0.500. The van der Waals surface area contributed by atoms with Gasteiger partial charge in [0.05, 0.1) is 0 Å². The van der Waals surface area contributed by atoms with Crippen LogP contribution >= 0.6 is 0 Å². The quantitative estimate of drug-likeness (QED) is 0.723. The lowest BCUT2D eigenvalue weighted by Crippen LogP contribution is -2.37. The lowest BCUT2D eigenvalue weighted by Gasteiger charge is -2.17. The molecule has 0 radical (unpaired) electrons. The van der Waals surface area contributed by atoms with Gasteiger partial charge in [0.25, 0.3) is 5.91 Å². The fourth-order valence-corrected chi connectivity index (χ4v) is 1.94. The molecule has 0 heterocycles. The Bertz CT molecular complexity index is 499. The van der Waals surface area contributed by atoms with E-state index in [1.165, 1.54) is 6.07 Å². The van der Waals surface area contributed by atoms with E-state index in [0.29, 0.717) is 12.1 Å². The van der Waals surface area contributed by atoms with E-state index in [1.807, 2.05) is 0 Å². The molecule has 0 aliphatic heterocycles. The second-order valence-corrected chi connectivity index (χ2v) is 5.01. The lowest BCUT2D eigenvalue weighted by atomic mass is 10.1. The number of aryl methyl sites for hydroxylation is 1. The maximum absolute atomic E-state index is 11.9. The largest absolute Gasteiger partial charge is 0.480 e. The van der Waals surface area contributed by atoms with Gasteiger partial charge in [0.15, 0.2) is 6.10 Å². The van der Waals surface area contributed by atoms with Crippen LogP contribution in [-0.4, -0.2) is 29.6 Å². The second kappa shape index (κ2) is 8.29. The van der Waals surface area contributed by atoms with Crippen molar-refractivity contribution in [2.24, 2.45) is 0 Å². The SMILES string of the molecule is CCCCCNC(=O)C(C)Oc1c(C)cccc1C(=O)O. The number of carbonyl (C=O) groups excluding carboxylic acids is 1. The lowest BCUT2D eigenvalue weighted by molar-refractivity contribution is -0.127. The molecular weight excluding hydrogens is 270 g/mol. The summed E-state index contributed by atoms with van der Waals surface area (Å²) in [7, 11) is 0. The third-order valence-electron chi connectivity index (χ3n) is 3.19. The van der Waals surface area contributed by atoms with Gasteiger partial charge in [0, 0.05) is 6.54 Å². The van der Waals surface area contributed by atoms with Crippen LogP contribution in [-0.2, 0) is 4.79 Å². The predicted octanol–water partition coefficient (Wildman–Crippen LogP) is 2.77. The maximum atomic E-state index is 11.9. The Hall–Kier alpha value is -2.04. The van der Waals surface area contributed by atoms with Gasteiger partial charge < -0.3 is 15.2 Å². The molecule has 21 heavy (non-hydrogen) atoms. The molecule has 0 aromatic heterocycles. The molecule has 1 amide bonds. The van der Waals surface area contributed by atoms with E-state index in [-0.39, 0.29) is 17.2 Å². The van der Waals surface area contributed by atoms with E-state index in [0.717, 1.165) is 19.3 Å². The summed E-state index contributed by atoms with van der Waals surface area (Å²) in [5.41, 5.74) is 0.765. The summed E-state index contributed by atoms with van der Waals surface area (Å²) in [5, 5.41) is 12.0. The minimum atomic E-state index is -1.07. The van der Waals surface area contributed by atoms with E-state index >= 15 is 0 Å². The Labute approximate surface area is 125 Å². The first-order valence-corrected chi connectivity index (χ1v) is 7.24. The molecule has 1 rings (SSSR count). The van der Waals surface area contributed by atoms with E-state index in [4.69, 9.17) is 9.84 Å². The van der Waals surface area contributed by atoms with Gasteiger partial charge >= 0.3 is 5.97 Å². The topological polar surface area (TPSA) is 75.6 Å². The van der Waals surface area contributed by atoms with Crippen molar-refractivity contribution < 1.29 is 19.4 Å². The highest BCUT2D eigenvalue weighted by atomic mass is 16.5. The summed E-state index contributed by atoms with van der Waals surface area (Å²) in [4.78, 5) is 23.1. The molecule has 1 aromatic rings. The van der Waals surface area contributed by atoms with Gasteiger partial charge in [-0.15, -0.1) is 0 Å². The third kappa shape index (κ3) is 5.10. The molecule has 0 fully saturated rings. The first-order valence-electron chi connectivity index (χ1n) is 7.24. The number of rotatable bonds is 8. The number of unbranched alkanes of at least 4 members (excludes halogenated alkanes) is 2. The summed E-state index contributed by atoms with van der Waals surface area (Å²) < 4.78 is 5.56. The Balaban J connectivity index is 2.68. The molecule has 1 aromatic carbocycles. The van der Waals surface area contributed by atoms with Crippen LogP contribution < -0.4 is 10.1 Å². The summed E-state index contributed by atoms with van der Waals surface area (Å²) in [5.74, 6) is -1.05. The Morgan fingerprint density at radius 2 is 2.05 bits per heavy atom. The third-order valence-corrected chi connectivity index (χ3v) is 3.19. The molecule has 5 nitrogen and oxygen atoms in total. The number of hydrogen-bond acceptors (Lipinski definition) is 3. The Morgan fingerprint density at radius 3 is 2.67 bits per heavy atom. The van der Waals surface area contributed by atoms with Crippen molar-refractivity contribution >= 4 is 11.9 Å². The Kier molecular flexibility index (Phi) is 6.72. The molecular formula is C16H23NO4. The van der Waals surface area contributed by atoms with Crippen LogP contribution in [0.15, 0.2) is 18.2 Å². The van der Waals surface area contributed by atoms with Crippen molar-refractivity contribution in [1.29, 1.82) is 0 Å². The van der Waals surface area contributed by atoms with E-state index in [1.54, 1.807) is 26.0 Å². The van der Waals surface area contributed by atoms with E-state index < -0.39 is 12.1 Å². The second-order valence-electron chi connectivity index (χ2n) is 5.01. The molecule has 5 heteroatoms. The molecule has 0 saturated carbocycles. The first kappa shape index (κ1) is 17.0. The fourth-order valence-electron chi connectivity index (χ4n) is 1.94. The van der Waals surface area contributed by atoms with Crippen LogP contribution in [0.5, 0.6) is 5.75 Å². The molecule has 0 aliphatic rings. The minimum Gasteiger partial charge on any atom is -0.480 e. The van der Waals surface area contributed by atoms with Crippen molar-refractivity contribution in [2.75, 3.05) is 6.54 Å². The molecule has 1 unspecified atom stereocenters. The maximum Gasteiger partial charge on any atom is 0.339 e. The van der Waals surface area contributed by atoms with Crippen LogP contribution in [0.4, 0.5) is 0 Å². The average molecular weight is 293 g/mol. The average Bonchev–Trinajstić information content (AvgIpc) is 2.45. The highest BCUT2D eigenvalue weighted by Gasteiger charge is 2.19. The normalized spacial score (nSPS) is 11.8. The van der Waals surface area contributed by atoms with Crippen LogP contribution in [0.2, 0.25) is 0 Å². The number of nitrogens with one attached hydrogen (secondary N) is 1. The summed E-state index contributed by atoms with van der Waals surface area (Å²) >= 11 is 0. The van der Waals surface area contributed by atoms with Gasteiger partial charge in [0.2, 0.25) is 0 Å². The standard InChI is InChI=1S/C16H23NO4/c1-4-5-6-10-17-15(18)12(3)21-14-11(2)8-7-9-13(14)16(19)20/h7-9,12H,4-6,10H2,1-3H3,(H,17,18)(H,19,20). The number of carbonyl (C=O) groups is 2. The molecule has 1 atom stereocenters. The van der Waals surface area contributed by atoms with Gasteiger partial charge in [-0.25, -0.2) is 4.79 Å². The Morgan fingerprint density at radius 1 is 1.33 bits per heavy atom. The highest BCUT2D eigenvalue weighted by molar-refractivity contribution is 5.91. The number of carboxylic acids is 1. The van der Waals surface area contributed by atoms with Crippen LogP contribution in [0.25, 0.3) is 0 Å². The molecule has 2 N–H and O–H groups in total. The predicted molar refractivity (Wildman–Crippen MR) is 80.8 cm³/mol. The zero-order valence-corrected chi connectivity index (χ0v) is 12.8. The van der Waals surface area contributed by atoms with Crippen molar-refractivity contribution in [3.8, 4) is 5.75 Å². The van der Waals surface area contributed by atoms with Crippen LogP contribution in [0.1, 0.15) is 49.0 Å². The number of amides is 1. The van der Waals surface area contributed by atoms with Gasteiger partial charge in [-0.3, -0.25) is 4.79 Å². The smallest absolute Gasteiger partial charge is 0.339 e. The van der Waals surface area contributed by atoms with E-state index in [2.05, 4.69) is 12.2 Å². The highest BCUT2D eigenvalue weighted by Crippen LogP contribution is 2.24. The monoisotopic (exact) mass is 293 g/mol. The zero-order chi connectivity index (χ0) is 15.8. The van der Waals surface area contributed by atoms with Gasteiger partial charge in [-0.1, -0.05) is 31.9 Å². The van der Waals surface area contributed by atoms with Crippen LogP contribution in [0, 0.1) is 6.92 Å². The molecule has 0 spiro atoms.